The summed E-state index contributed by atoms with van der Waals surface area (Å²) >= 11 is 0. The van der Waals surface area contributed by atoms with Gasteiger partial charge in [0, 0.05) is 32.4 Å². The fraction of sp³-hybridized carbons (Fsp3) is 0.714. The van der Waals surface area contributed by atoms with Gasteiger partial charge in [-0.15, -0.1) is 0 Å². The van der Waals surface area contributed by atoms with E-state index in [1.807, 2.05) is 17.7 Å². The summed E-state index contributed by atoms with van der Waals surface area (Å²) in [6.07, 6.45) is 5.09. The van der Waals surface area contributed by atoms with E-state index in [1.54, 1.807) is 13.4 Å². The van der Waals surface area contributed by atoms with E-state index in [-0.39, 0.29) is 11.9 Å². The van der Waals surface area contributed by atoms with Crippen molar-refractivity contribution in [3.05, 3.63) is 12.5 Å². The molecule has 0 aromatic carbocycles. The lowest BCUT2D eigenvalue weighted by Crippen LogP contribution is -2.35. The van der Waals surface area contributed by atoms with Crippen molar-refractivity contribution >= 4 is 11.7 Å². The highest BCUT2D eigenvalue weighted by Crippen LogP contribution is 2.10. The molecule has 0 aliphatic heterocycles. The Morgan fingerprint density at radius 1 is 1.57 bits per heavy atom. The van der Waals surface area contributed by atoms with Crippen LogP contribution in [0, 0.1) is 0 Å². The van der Waals surface area contributed by atoms with Crippen LogP contribution in [0.3, 0.4) is 0 Å². The van der Waals surface area contributed by atoms with Gasteiger partial charge >= 0.3 is 0 Å². The molecule has 21 heavy (non-hydrogen) atoms. The standard InChI is InChI=1S/C14H27N5O2/c1-4-5-12(15)14(20)18-13-9-19(10-17-13)11(2)8-16-6-7-21-3/h9-12,16H,4-8,15H2,1-3H3,(H,18,20)/t11-,12-/m0/s1. The average molecular weight is 297 g/mol. The van der Waals surface area contributed by atoms with Crippen LogP contribution in [0.25, 0.3) is 0 Å². The van der Waals surface area contributed by atoms with Crippen LogP contribution in [0.15, 0.2) is 12.5 Å². The summed E-state index contributed by atoms with van der Waals surface area (Å²) in [5.74, 6) is 0.350. The molecule has 0 saturated heterocycles. The van der Waals surface area contributed by atoms with Crippen LogP contribution in [0.5, 0.6) is 0 Å². The molecule has 2 atom stereocenters. The number of amides is 1. The Labute approximate surface area is 126 Å². The number of imidazole rings is 1. The van der Waals surface area contributed by atoms with Crippen LogP contribution in [-0.2, 0) is 9.53 Å². The summed E-state index contributed by atoms with van der Waals surface area (Å²) in [6.45, 7) is 6.39. The highest BCUT2D eigenvalue weighted by atomic mass is 16.5. The fourth-order valence-electron chi connectivity index (χ4n) is 1.89. The predicted octanol–water partition coefficient (Wildman–Crippen LogP) is 0.746. The van der Waals surface area contributed by atoms with Gasteiger partial charge in [0.25, 0.3) is 0 Å². The lowest BCUT2D eigenvalue weighted by Gasteiger charge is -2.13. The van der Waals surface area contributed by atoms with Crippen LogP contribution in [-0.4, -0.2) is 48.3 Å². The number of carbonyl (C=O) groups is 1. The van der Waals surface area contributed by atoms with Crippen LogP contribution >= 0.6 is 0 Å². The maximum absolute atomic E-state index is 11.8. The highest BCUT2D eigenvalue weighted by Gasteiger charge is 2.14. The minimum Gasteiger partial charge on any atom is -0.383 e. The molecule has 1 amide bonds. The van der Waals surface area contributed by atoms with E-state index in [2.05, 4.69) is 22.5 Å². The number of nitrogens with two attached hydrogens (primary N) is 1. The Morgan fingerprint density at radius 3 is 3.00 bits per heavy atom. The van der Waals surface area contributed by atoms with Gasteiger partial charge in [0.15, 0.2) is 5.82 Å². The van der Waals surface area contributed by atoms with Crippen molar-refractivity contribution in [1.29, 1.82) is 0 Å². The van der Waals surface area contributed by atoms with Crippen LogP contribution < -0.4 is 16.4 Å². The first-order chi connectivity index (χ1) is 10.1. The minimum absolute atomic E-state index is 0.187. The number of rotatable bonds is 10. The molecule has 1 aromatic heterocycles. The summed E-state index contributed by atoms with van der Waals surface area (Å²) in [5.41, 5.74) is 5.77. The molecule has 0 fully saturated rings. The Hall–Kier alpha value is -1.44. The van der Waals surface area contributed by atoms with Crippen LogP contribution in [0.4, 0.5) is 5.82 Å². The second-order valence-corrected chi connectivity index (χ2v) is 5.14. The van der Waals surface area contributed by atoms with E-state index in [9.17, 15) is 4.79 Å². The third-order valence-corrected chi connectivity index (χ3v) is 3.22. The second-order valence-electron chi connectivity index (χ2n) is 5.14. The molecule has 1 rings (SSSR count). The number of hydrogen-bond acceptors (Lipinski definition) is 5. The van der Waals surface area contributed by atoms with Gasteiger partial charge in [0.1, 0.15) is 0 Å². The third kappa shape index (κ3) is 6.24. The lowest BCUT2D eigenvalue weighted by atomic mass is 10.2. The molecular formula is C14H27N5O2. The Kier molecular flexibility index (Phi) is 7.96. The van der Waals surface area contributed by atoms with E-state index < -0.39 is 6.04 Å². The molecule has 0 unspecified atom stereocenters. The third-order valence-electron chi connectivity index (χ3n) is 3.22. The van der Waals surface area contributed by atoms with Gasteiger partial charge in [-0.2, -0.15) is 0 Å². The van der Waals surface area contributed by atoms with Gasteiger partial charge < -0.3 is 25.7 Å². The predicted molar refractivity (Wildman–Crippen MR) is 83.2 cm³/mol. The molecule has 4 N–H and O–H groups in total. The van der Waals surface area contributed by atoms with Gasteiger partial charge in [0.2, 0.25) is 5.91 Å². The minimum atomic E-state index is -0.478. The summed E-state index contributed by atoms with van der Waals surface area (Å²) in [7, 11) is 1.68. The summed E-state index contributed by atoms with van der Waals surface area (Å²) in [4.78, 5) is 16.0. The topological polar surface area (TPSA) is 94.2 Å². The van der Waals surface area contributed by atoms with Crippen molar-refractivity contribution in [2.75, 3.05) is 32.1 Å². The summed E-state index contributed by atoms with van der Waals surface area (Å²) in [5, 5.41) is 6.03. The average Bonchev–Trinajstić information content (AvgIpc) is 2.92. The molecular weight excluding hydrogens is 270 g/mol. The number of aromatic nitrogens is 2. The Balaban J connectivity index is 2.43. The number of anilines is 1. The Bertz CT molecular complexity index is 421. The van der Waals surface area contributed by atoms with E-state index in [0.717, 1.165) is 19.5 Å². The highest BCUT2D eigenvalue weighted by molar-refractivity contribution is 5.93. The van der Waals surface area contributed by atoms with Gasteiger partial charge in [-0.3, -0.25) is 4.79 Å². The molecule has 0 aliphatic rings. The summed E-state index contributed by atoms with van der Waals surface area (Å²) < 4.78 is 6.94. The van der Waals surface area contributed by atoms with Crippen LogP contribution in [0.1, 0.15) is 32.7 Å². The molecule has 0 spiro atoms. The van der Waals surface area contributed by atoms with E-state index in [4.69, 9.17) is 10.5 Å². The first-order valence-corrected chi connectivity index (χ1v) is 7.38. The maximum Gasteiger partial charge on any atom is 0.242 e. The number of hydrogen-bond donors (Lipinski definition) is 3. The molecule has 0 radical (unpaired) electrons. The number of nitrogens with one attached hydrogen (secondary N) is 2. The zero-order chi connectivity index (χ0) is 15.7. The fourth-order valence-corrected chi connectivity index (χ4v) is 1.89. The lowest BCUT2D eigenvalue weighted by molar-refractivity contribution is -0.117. The maximum atomic E-state index is 11.8. The number of carbonyl (C=O) groups excluding carboxylic acids is 1. The van der Waals surface area contributed by atoms with Crippen molar-refractivity contribution in [2.24, 2.45) is 5.73 Å². The second kappa shape index (κ2) is 9.49. The molecule has 7 nitrogen and oxygen atoms in total. The normalized spacial score (nSPS) is 13.9. The molecule has 0 bridgehead atoms. The Morgan fingerprint density at radius 2 is 2.33 bits per heavy atom. The number of ether oxygens (including phenoxy) is 1. The molecule has 0 aliphatic carbocycles. The molecule has 0 saturated carbocycles. The molecule has 7 heteroatoms. The van der Waals surface area contributed by atoms with Gasteiger partial charge in [-0.05, 0) is 13.3 Å². The first-order valence-electron chi connectivity index (χ1n) is 7.38. The monoisotopic (exact) mass is 297 g/mol. The smallest absolute Gasteiger partial charge is 0.242 e. The van der Waals surface area contributed by atoms with E-state index >= 15 is 0 Å². The van der Waals surface area contributed by atoms with Gasteiger partial charge in [-0.25, -0.2) is 4.98 Å². The zero-order valence-electron chi connectivity index (χ0n) is 13.1. The zero-order valence-corrected chi connectivity index (χ0v) is 13.1. The van der Waals surface area contributed by atoms with Crippen molar-refractivity contribution < 1.29 is 9.53 Å². The van der Waals surface area contributed by atoms with Crippen molar-refractivity contribution in [3.8, 4) is 0 Å². The number of methoxy groups -OCH3 is 1. The van der Waals surface area contributed by atoms with Gasteiger partial charge in [-0.1, -0.05) is 13.3 Å². The molecule has 1 heterocycles. The van der Waals surface area contributed by atoms with Crippen molar-refractivity contribution in [3.63, 3.8) is 0 Å². The number of nitrogens with zero attached hydrogens (tertiary/aromatic N) is 2. The van der Waals surface area contributed by atoms with E-state index in [0.29, 0.717) is 18.8 Å². The van der Waals surface area contributed by atoms with Crippen molar-refractivity contribution in [1.82, 2.24) is 14.9 Å². The molecule has 1 aromatic rings. The van der Waals surface area contributed by atoms with Crippen molar-refractivity contribution in [2.45, 2.75) is 38.8 Å². The first kappa shape index (κ1) is 17.6. The van der Waals surface area contributed by atoms with Gasteiger partial charge in [0.05, 0.1) is 19.0 Å². The molecule has 120 valence electrons. The quantitative estimate of drug-likeness (QED) is 0.554. The van der Waals surface area contributed by atoms with Crippen LogP contribution in [0.2, 0.25) is 0 Å². The largest absolute Gasteiger partial charge is 0.383 e. The van der Waals surface area contributed by atoms with E-state index in [1.165, 1.54) is 0 Å². The SMILES string of the molecule is CCC[C@H](N)C(=O)Nc1cn([C@@H](C)CNCCOC)cn1. The summed E-state index contributed by atoms with van der Waals surface area (Å²) in [6, 6.07) is -0.238.